The molecule has 0 spiro atoms. The number of rotatable bonds is 2. The number of aromatic nitrogens is 1. The summed E-state index contributed by atoms with van der Waals surface area (Å²) in [4.78, 5) is 16.5. The van der Waals surface area contributed by atoms with Crippen molar-refractivity contribution >= 4 is 49.9 Å². The average molecular weight is 357 g/mol. The molecule has 5 nitrogen and oxygen atoms in total. The van der Waals surface area contributed by atoms with Crippen LogP contribution in [0.1, 0.15) is 10.6 Å². The van der Waals surface area contributed by atoms with E-state index in [0.717, 1.165) is 9.86 Å². The summed E-state index contributed by atoms with van der Waals surface area (Å²) in [5.74, 6) is -0.209. The lowest BCUT2D eigenvalue weighted by atomic mass is 10.2. The standard InChI is InChI=1S/C16H9BrN2O3/c17-10-4-3-7-12-9(10)8-14(21-12)15(20)19-16-18-11-5-1-2-6-13(11)22-16/h1-8H,(H,18,19,20). The van der Waals surface area contributed by atoms with E-state index in [1.54, 1.807) is 18.2 Å². The Hall–Kier alpha value is -2.60. The molecule has 0 aliphatic heterocycles. The number of benzene rings is 2. The van der Waals surface area contributed by atoms with Crippen molar-refractivity contribution in [3.8, 4) is 0 Å². The van der Waals surface area contributed by atoms with Crippen molar-refractivity contribution in [2.75, 3.05) is 5.32 Å². The molecule has 0 radical (unpaired) electrons. The summed E-state index contributed by atoms with van der Waals surface area (Å²) in [6.07, 6.45) is 0. The number of para-hydroxylation sites is 2. The van der Waals surface area contributed by atoms with Gasteiger partial charge < -0.3 is 8.83 Å². The van der Waals surface area contributed by atoms with Crippen LogP contribution in [0.4, 0.5) is 6.01 Å². The van der Waals surface area contributed by atoms with Crippen molar-refractivity contribution in [3.63, 3.8) is 0 Å². The number of hydrogen-bond acceptors (Lipinski definition) is 4. The number of nitrogens with one attached hydrogen (secondary N) is 1. The van der Waals surface area contributed by atoms with Gasteiger partial charge in [-0.05, 0) is 30.3 Å². The predicted molar refractivity (Wildman–Crippen MR) is 85.9 cm³/mol. The van der Waals surface area contributed by atoms with Gasteiger partial charge in [0.05, 0.1) is 0 Å². The van der Waals surface area contributed by atoms with Gasteiger partial charge in [-0.25, -0.2) is 0 Å². The molecule has 1 N–H and O–H groups in total. The van der Waals surface area contributed by atoms with Gasteiger partial charge in [-0.15, -0.1) is 0 Å². The number of anilines is 1. The highest BCUT2D eigenvalue weighted by molar-refractivity contribution is 9.10. The molecule has 2 aromatic carbocycles. The summed E-state index contributed by atoms with van der Waals surface area (Å²) in [6, 6.07) is 14.7. The normalized spacial score (nSPS) is 11.1. The van der Waals surface area contributed by atoms with E-state index >= 15 is 0 Å². The van der Waals surface area contributed by atoms with E-state index in [0.29, 0.717) is 16.7 Å². The Labute approximate surface area is 133 Å². The number of amides is 1. The number of oxazole rings is 1. The second-order valence-corrected chi connectivity index (χ2v) is 5.56. The topological polar surface area (TPSA) is 68.3 Å². The summed E-state index contributed by atoms with van der Waals surface area (Å²) < 4.78 is 11.9. The second kappa shape index (κ2) is 4.99. The number of hydrogen-bond donors (Lipinski definition) is 1. The van der Waals surface area contributed by atoms with Crippen LogP contribution >= 0.6 is 15.9 Å². The number of carbonyl (C=O) groups excluding carboxylic acids is 1. The first kappa shape index (κ1) is 13.1. The van der Waals surface area contributed by atoms with Crippen LogP contribution in [0.3, 0.4) is 0 Å². The Kier molecular flexibility index (Phi) is 2.97. The van der Waals surface area contributed by atoms with Gasteiger partial charge in [0, 0.05) is 9.86 Å². The number of halogens is 1. The van der Waals surface area contributed by atoms with Crippen LogP contribution in [0.25, 0.3) is 22.1 Å². The molecule has 6 heteroatoms. The van der Waals surface area contributed by atoms with Gasteiger partial charge in [0.2, 0.25) is 0 Å². The molecule has 0 fully saturated rings. The van der Waals surface area contributed by atoms with E-state index in [-0.39, 0.29) is 11.8 Å². The zero-order valence-corrected chi connectivity index (χ0v) is 12.8. The maximum atomic E-state index is 12.3. The molecule has 0 bridgehead atoms. The molecule has 0 aliphatic rings. The van der Waals surface area contributed by atoms with E-state index in [4.69, 9.17) is 8.83 Å². The number of fused-ring (bicyclic) bond motifs is 2. The number of carbonyl (C=O) groups is 1. The highest BCUT2D eigenvalue weighted by atomic mass is 79.9. The Morgan fingerprint density at radius 1 is 1.05 bits per heavy atom. The first-order valence-electron chi connectivity index (χ1n) is 6.56. The van der Waals surface area contributed by atoms with E-state index < -0.39 is 5.91 Å². The van der Waals surface area contributed by atoms with Gasteiger partial charge in [0.1, 0.15) is 11.1 Å². The maximum absolute atomic E-state index is 12.3. The molecule has 0 saturated heterocycles. The molecular formula is C16H9BrN2O3. The minimum absolute atomic E-state index is 0.144. The molecule has 0 atom stereocenters. The van der Waals surface area contributed by atoms with Crippen LogP contribution in [0.5, 0.6) is 0 Å². The molecule has 108 valence electrons. The van der Waals surface area contributed by atoms with Gasteiger partial charge in [-0.2, -0.15) is 4.98 Å². The highest BCUT2D eigenvalue weighted by Gasteiger charge is 2.16. The van der Waals surface area contributed by atoms with Gasteiger partial charge in [0.25, 0.3) is 5.91 Å². The molecular weight excluding hydrogens is 348 g/mol. The zero-order valence-electron chi connectivity index (χ0n) is 11.2. The quantitative estimate of drug-likeness (QED) is 0.570. The van der Waals surface area contributed by atoms with Crippen LogP contribution in [-0.4, -0.2) is 10.9 Å². The third kappa shape index (κ3) is 2.17. The van der Waals surface area contributed by atoms with Gasteiger partial charge >= 0.3 is 6.01 Å². The largest absolute Gasteiger partial charge is 0.451 e. The third-order valence-corrected chi connectivity index (χ3v) is 3.94. The van der Waals surface area contributed by atoms with Crippen LogP contribution in [0, 0.1) is 0 Å². The number of furan rings is 1. The van der Waals surface area contributed by atoms with Crippen molar-refractivity contribution in [2.24, 2.45) is 0 Å². The maximum Gasteiger partial charge on any atom is 0.302 e. The van der Waals surface area contributed by atoms with Gasteiger partial charge in [-0.3, -0.25) is 10.1 Å². The van der Waals surface area contributed by atoms with Crippen molar-refractivity contribution in [2.45, 2.75) is 0 Å². The number of nitrogens with zero attached hydrogens (tertiary/aromatic N) is 1. The smallest absolute Gasteiger partial charge is 0.302 e. The van der Waals surface area contributed by atoms with Crippen molar-refractivity contribution in [1.29, 1.82) is 0 Å². The van der Waals surface area contributed by atoms with E-state index in [2.05, 4.69) is 26.2 Å². The molecule has 2 heterocycles. The molecule has 22 heavy (non-hydrogen) atoms. The Morgan fingerprint density at radius 2 is 1.86 bits per heavy atom. The molecule has 1 amide bonds. The first-order valence-corrected chi connectivity index (χ1v) is 7.35. The van der Waals surface area contributed by atoms with Crippen LogP contribution in [0.2, 0.25) is 0 Å². The first-order chi connectivity index (χ1) is 10.7. The Bertz CT molecular complexity index is 970. The van der Waals surface area contributed by atoms with E-state index in [1.165, 1.54) is 0 Å². The second-order valence-electron chi connectivity index (χ2n) is 4.70. The van der Waals surface area contributed by atoms with Gasteiger partial charge in [-0.1, -0.05) is 34.1 Å². The summed E-state index contributed by atoms with van der Waals surface area (Å²) >= 11 is 3.43. The Balaban J connectivity index is 1.66. The molecule has 4 rings (SSSR count). The van der Waals surface area contributed by atoms with Gasteiger partial charge in [0.15, 0.2) is 11.3 Å². The molecule has 0 aliphatic carbocycles. The minimum atomic E-state index is -0.408. The van der Waals surface area contributed by atoms with Crippen LogP contribution in [0.15, 0.2) is 61.8 Å². The summed E-state index contributed by atoms with van der Waals surface area (Å²) in [6.45, 7) is 0. The lowest BCUT2D eigenvalue weighted by Gasteiger charge is -1.95. The molecule has 0 saturated carbocycles. The lowest BCUT2D eigenvalue weighted by Crippen LogP contribution is -2.10. The minimum Gasteiger partial charge on any atom is -0.451 e. The fourth-order valence-corrected chi connectivity index (χ4v) is 2.68. The molecule has 4 aromatic rings. The lowest BCUT2D eigenvalue weighted by molar-refractivity contribution is 0.0996. The fraction of sp³-hybridized carbons (Fsp3) is 0. The van der Waals surface area contributed by atoms with Crippen molar-refractivity contribution < 1.29 is 13.6 Å². The Morgan fingerprint density at radius 3 is 2.68 bits per heavy atom. The van der Waals surface area contributed by atoms with Crippen molar-refractivity contribution in [1.82, 2.24) is 4.98 Å². The highest BCUT2D eigenvalue weighted by Crippen LogP contribution is 2.27. The van der Waals surface area contributed by atoms with Crippen LogP contribution in [-0.2, 0) is 0 Å². The van der Waals surface area contributed by atoms with Crippen molar-refractivity contribution in [3.05, 3.63) is 58.8 Å². The average Bonchev–Trinajstić information content (AvgIpc) is 3.10. The van der Waals surface area contributed by atoms with Crippen LogP contribution < -0.4 is 5.32 Å². The monoisotopic (exact) mass is 356 g/mol. The predicted octanol–water partition coefficient (Wildman–Crippen LogP) is 4.59. The summed E-state index contributed by atoms with van der Waals surface area (Å²) in [7, 11) is 0. The molecule has 2 aromatic heterocycles. The third-order valence-electron chi connectivity index (χ3n) is 3.25. The summed E-state index contributed by atoms with van der Waals surface area (Å²) in [5, 5.41) is 3.44. The summed E-state index contributed by atoms with van der Waals surface area (Å²) in [5.41, 5.74) is 1.94. The van der Waals surface area contributed by atoms with E-state index in [9.17, 15) is 4.79 Å². The SMILES string of the molecule is O=C(Nc1nc2ccccc2o1)c1cc2c(Br)cccc2o1. The zero-order chi connectivity index (χ0) is 15.1. The fourth-order valence-electron chi connectivity index (χ4n) is 2.22. The molecule has 0 unspecified atom stereocenters. The van der Waals surface area contributed by atoms with E-state index in [1.807, 2.05) is 30.3 Å².